The van der Waals surface area contributed by atoms with Gasteiger partial charge in [-0.15, -0.1) is 24.8 Å². The van der Waals surface area contributed by atoms with Crippen LogP contribution in [0, 0.1) is 0 Å². The van der Waals surface area contributed by atoms with E-state index in [0.717, 1.165) is 38.8 Å². The lowest BCUT2D eigenvalue weighted by Gasteiger charge is -2.35. The number of carbonyl (C=O) groups excluding carboxylic acids is 1. The van der Waals surface area contributed by atoms with E-state index in [0.29, 0.717) is 6.54 Å². The lowest BCUT2D eigenvalue weighted by atomic mass is 10.0. The Labute approximate surface area is 156 Å². The second kappa shape index (κ2) is 10.1. The molecule has 1 aromatic rings. The number of rotatable bonds is 4. The standard InChI is InChI=1S/C17H25N3O2.2ClH/c18-11-15-8-9-16(22-15)17(21)19-13-5-4-10-20(12-13)14-6-2-1-3-7-14;;/h1-3,6-7,13,15-16H,4-5,8-12,18H2,(H,19,21);2*1H/t13?,15-,16+;;/m1../s1. The number of piperidine rings is 1. The Hall–Kier alpha value is -1.01. The van der Waals surface area contributed by atoms with Gasteiger partial charge in [0.05, 0.1) is 6.10 Å². The monoisotopic (exact) mass is 375 g/mol. The van der Waals surface area contributed by atoms with Crippen molar-refractivity contribution in [1.29, 1.82) is 0 Å². The molecule has 136 valence electrons. The maximum atomic E-state index is 12.3. The van der Waals surface area contributed by atoms with Crippen LogP contribution in [0.4, 0.5) is 5.69 Å². The molecule has 0 spiro atoms. The molecule has 1 aromatic carbocycles. The first-order chi connectivity index (χ1) is 10.8. The van der Waals surface area contributed by atoms with Crippen LogP contribution in [0.25, 0.3) is 0 Å². The van der Waals surface area contributed by atoms with Gasteiger partial charge in [0.25, 0.3) is 0 Å². The first-order valence-electron chi connectivity index (χ1n) is 8.22. The fraction of sp³-hybridized carbons (Fsp3) is 0.588. The van der Waals surface area contributed by atoms with Gasteiger partial charge in [0.1, 0.15) is 6.10 Å². The van der Waals surface area contributed by atoms with Crippen molar-refractivity contribution >= 4 is 36.4 Å². The van der Waals surface area contributed by atoms with Gasteiger partial charge < -0.3 is 20.7 Å². The van der Waals surface area contributed by atoms with Crippen LogP contribution >= 0.6 is 24.8 Å². The van der Waals surface area contributed by atoms with Gasteiger partial charge in [-0.25, -0.2) is 0 Å². The molecule has 5 nitrogen and oxygen atoms in total. The minimum absolute atomic E-state index is 0. The molecular weight excluding hydrogens is 349 g/mol. The van der Waals surface area contributed by atoms with Crippen LogP contribution in [-0.4, -0.2) is 43.8 Å². The van der Waals surface area contributed by atoms with Gasteiger partial charge in [-0.3, -0.25) is 4.79 Å². The number of nitrogens with two attached hydrogens (primary N) is 1. The van der Waals surface area contributed by atoms with E-state index in [4.69, 9.17) is 10.5 Å². The van der Waals surface area contributed by atoms with Gasteiger partial charge in [0.2, 0.25) is 5.91 Å². The third-order valence-corrected chi connectivity index (χ3v) is 4.55. The number of hydrogen-bond acceptors (Lipinski definition) is 4. The molecule has 0 aromatic heterocycles. The molecule has 2 saturated heterocycles. The first-order valence-corrected chi connectivity index (χ1v) is 8.22. The molecule has 1 unspecified atom stereocenters. The Bertz CT molecular complexity index is 504. The Balaban J connectivity index is 0.00000144. The average molecular weight is 376 g/mol. The number of halogens is 2. The Morgan fingerprint density at radius 3 is 2.62 bits per heavy atom. The summed E-state index contributed by atoms with van der Waals surface area (Å²) in [6.45, 7) is 2.41. The van der Waals surface area contributed by atoms with Crippen LogP contribution in [0.15, 0.2) is 30.3 Å². The van der Waals surface area contributed by atoms with Gasteiger partial charge in [-0.2, -0.15) is 0 Å². The number of nitrogens with one attached hydrogen (secondary N) is 1. The van der Waals surface area contributed by atoms with Gasteiger partial charge in [0, 0.05) is 31.4 Å². The minimum atomic E-state index is -0.319. The van der Waals surface area contributed by atoms with Crippen LogP contribution in [-0.2, 0) is 9.53 Å². The molecule has 0 saturated carbocycles. The summed E-state index contributed by atoms with van der Waals surface area (Å²) in [4.78, 5) is 14.7. The number of ether oxygens (including phenoxy) is 1. The van der Waals surface area contributed by atoms with Crippen molar-refractivity contribution in [3.05, 3.63) is 30.3 Å². The lowest BCUT2D eigenvalue weighted by Crippen LogP contribution is -2.50. The lowest BCUT2D eigenvalue weighted by molar-refractivity contribution is -0.132. The normalized spacial score (nSPS) is 26.2. The van der Waals surface area contributed by atoms with E-state index in [1.54, 1.807) is 0 Å². The van der Waals surface area contributed by atoms with E-state index in [1.165, 1.54) is 5.69 Å². The molecule has 3 N–H and O–H groups in total. The van der Waals surface area contributed by atoms with E-state index < -0.39 is 0 Å². The third kappa shape index (κ3) is 5.24. The Kier molecular flexibility index (Phi) is 8.84. The SMILES string of the molecule is Cl.Cl.NC[C@H]1CC[C@@H](C(=O)NC2CCCN(c3ccccc3)C2)O1. The Morgan fingerprint density at radius 1 is 1.21 bits per heavy atom. The smallest absolute Gasteiger partial charge is 0.249 e. The summed E-state index contributed by atoms with van der Waals surface area (Å²) in [6, 6.07) is 10.6. The van der Waals surface area contributed by atoms with E-state index >= 15 is 0 Å². The average Bonchev–Trinajstić information content (AvgIpc) is 3.05. The highest BCUT2D eigenvalue weighted by atomic mass is 35.5. The number of nitrogens with zero attached hydrogens (tertiary/aromatic N) is 1. The van der Waals surface area contributed by atoms with E-state index in [2.05, 4.69) is 34.5 Å². The highest BCUT2D eigenvalue weighted by Gasteiger charge is 2.31. The van der Waals surface area contributed by atoms with Crippen molar-refractivity contribution in [1.82, 2.24) is 5.32 Å². The summed E-state index contributed by atoms with van der Waals surface area (Å²) in [5, 5.41) is 3.16. The fourth-order valence-corrected chi connectivity index (χ4v) is 3.33. The molecule has 0 aliphatic carbocycles. The summed E-state index contributed by atoms with van der Waals surface area (Å²) in [5.41, 5.74) is 6.82. The molecule has 1 amide bonds. The molecule has 2 aliphatic heterocycles. The summed E-state index contributed by atoms with van der Waals surface area (Å²) < 4.78 is 5.67. The molecule has 3 atom stereocenters. The number of anilines is 1. The number of para-hydroxylation sites is 1. The third-order valence-electron chi connectivity index (χ3n) is 4.55. The maximum absolute atomic E-state index is 12.3. The molecule has 0 radical (unpaired) electrons. The van der Waals surface area contributed by atoms with Crippen molar-refractivity contribution in [2.24, 2.45) is 5.73 Å². The number of amides is 1. The molecule has 0 bridgehead atoms. The van der Waals surface area contributed by atoms with Crippen molar-refractivity contribution < 1.29 is 9.53 Å². The van der Waals surface area contributed by atoms with Gasteiger partial charge in [0.15, 0.2) is 0 Å². The molecule has 24 heavy (non-hydrogen) atoms. The summed E-state index contributed by atoms with van der Waals surface area (Å²) in [6.07, 6.45) is 3.51. The highest BCUT2D eigenvalue weighted by Crippen LogP contribution is 2.21. The van der Waals surface area contributed by atoms with Crippen LogP contribution in [0.1, 0.15) is 25.7 Å². The van der Waals surface area contributed by atoms with Crippen LogP contribution in [0.5, 0.6) is 0 Å². The number of carbonyl (C=O) groups is 1. The molecule has 2 heterocycles. The summed E-state index contributed by atoms with van der Waals surface area (Å²) in [5.74, 6) is 0.0239. The fourth-order valence-electron chi connectivity index (χ4n) is 3.33. The maximum Gasteiger partial charge on any atom is 0.249 e. The predicted molar refractivity (Wildman–Crippen MR) is 101 cm³/mol. The predicted octanol–water partition coefficient (Wildman–Crippen LogP) is 2.12. The van der Waals surface area contributed by atoms with E-state index in [-0.39, 0.29) is 49.0 Å². The van der Waals surface area contributed by atoms with Crippen molar-refractivity contribution in [3.8, 4) is 0 Å². The summed E-state index contributed by atoms with van der Waals surface area (Å²) in [7, 11) is 0. The molecular formula is C17H27Cl2N3O2. The topological polar surface area (TPSA) is 67.6 Å². The zero-order valence-corrected chi connectivity index (χ0v) is 15.4. The highest BCUT2D eigenvalue weighted by molar-refractivity contribution is 5.85. The van der Waals surface area contributed by atoms with E-state index in [1.807, 2.05) is 6.07 Å². The van der Waals surface area contributed by atoms with Crippen molar-refractivity contribution in [2.75, 3.05) is 24.5 Å². The first kappa shape index (κ1) is 21.0. The zero-order chi connectivity index (χ0) is 15.4. The van der Waals surface area contributed by atoms with Crippen LogP contribution in [0.3, 0.4) is 0 Å². The zero-order valence-electron chi connectivity index (χ0n) is 13.7. The molecule has 2 fully saturated rings. The van der Waals surface area contributed by atoms with Gasteiger partial charge in [-0.1, -0.05) is 18.2 Å². The van der Waals surface area contributed by atoms with Crippen molar-refractivity contribution in [2.45, 2.75) is 43.9 Å². The van der Waals surface area contributed by atoms with E-state index in [9.17, 15) is 4.79 Å². The number of benzene rings is 1. The molecule has 7 heteroatoms. The molecule has 3 rings (SSSR count). The van der Waals surface area contributed by atoms with Gasteiger partial charge >= 0.3 is 0 Å². The largest absolute Gasteiger partial charge is 0.369 e. The second-order valence-electron chi connectivity index (χ2n) is 6.19. The van der Waals surface area contributed by atoms with Crippen LogP contribution < -0.4 is 16.0 Å². The number of hydrogen-bond donors (Lipinski definition) is 2. The Morgan fingerprint density at radius 2 is 1.96 bits per heavy atom. The van der Waals surface area contributed by atoms with Crippen LogP contribution in [0.2, 0.25) is 0 Å². The summed E-state index contributed by atoms with van der Waals surface area (Å²) >= 11 is 0. The van der Waals surface area contributed by atoms with Gasteiger partial charge in [-0.05, 0) is 37.8 Å². The minimum Gasteiger partial charge on any atom is -0.369 e. The van der Waals surface area contributed by atoms with Crippen molar-refractivity contribution in [3.63, 3.8) is 0 Å². The molecule has 2 aliphatic rings. The second-order valence-corrected chi connectivity index (χ2v) is 6.19. The quantitative estimate of drug-likeness (QED) is 0.845.